The van der Waals surface area contributed by atoms with E-state index in [1.165, 1.54) is 12.0 Å². The second-order valence-electron chi connectivity index (χ2n) is 5.51. The lowest BCUT2D eigenvalue weighted by atomic mass is 9.84. The molecule has 3 nitrogen and oxygen atoms in total. The van der Waals surface area contributed by atoms with Crippen LogP contribution in [0.15, 0.2) is 30.3 Å². The van der Waals surface area contributed by atoms with E-state index in [0.29, 0.717) is 11.8 Å². The van der Waals surface area contributed by atoms with Gasteiger partial charge in [0, 0.05) is 19.6 Å². The molecule has 3 atom stereocenters. The van der Waals surface area contributed by atoms with E-state index >= 15 is 0 Å². The molecular formula is C15H20N2O. The second kappa shape index (κ2) is 5.21. The zero-order valence-electron chi connectivity index (χ0n) is 10.6. The van der Waals surface area contributed by atoms with E-state index < -0.39 is 0 Å². The topological polar surface area (TPSA) is 32.3 Å². The minimum absolute atomic E-state index is 0.0736. The van der Waals surface area contributed by atoms with Crippen LogP contribution in [0.2, 0.25) is 0 Å². The first kappa shape index (κ1) is 11.9. The molecule has 2 saturated heterocycles. The zero-order valence-corrected chi connectivity index (χ0v) is 10.6. The molecule has 96 valence electrons. The third-order valence-electron chi connectivity index (χ3n) is 4.32. The molecule has 0 aromatic heterocycles. The molecule has 0 saturated carbocycles. The normalized spacial score (nSPS) is 32.1. The lowest BCUT2D eigenvalue weighted by molar-refractivity contribution is -0.111. The highest BCUT2D eigenvalue weighted by atomic mass is 16.1. The summed E-state index contributed by atoms with van der Waals surface area (Å²) in [5, 5.41) is 3.33. The maximum atomic E-state index is 11.1. The van der Waals surface area contributed by atoms with Gasteiger partial charge in [0.05, 0.1) is 6.04 Å². The summed E-state index contributed by atoms with van der Waals surface area (Å²) in [7, 11) is 0. The van der Waals surface area contributed by atoms with Crippen LogP contribution >= 0.6 is 0 Å². The number of hydrogen-bond donors (Lipinski definition) is 1. The molecule has 2 fully saturated rings. The number of benzene rings is 1. The SMILES string of the molecule is O=CC1NCCC2CN(Cc3ccccc3)CC21. The van der Waals surface area contributed by atoms with Crippen LogP contribution in [0.3, 0.4) is 0 Å². The monoisotopic (exact) mass is 244 g/mol. The van der Waals surface area contributed by atoms with Crippen molar-refractivity contribution in [1.82, 2.24) is 10.2 Å². The number of nitrogens with zero attached hydrogens (tertiary/aromatic N) is 1. The average Bonchev–Trinajstić information content (AvgIpc) is 2.82. The van der Waals surface area contributed by atoms with Crippen LogP contribution < -0.4 is 5.32 Å². The summed E-state index contributed by atoms with van der Waals surface area (Å²) in [5.41, 5.74) is 1.37. The standard InChI is InChI=1S/C15H20N2O/c18-11-15-14-10-17(9-13(14)6-7-16-15)8-12-4-2-1-3-5-12/h1-5,11,13-16H,6-10H2. The number of fused-ring (bicyclic) bond motifs is 1. The Morgan fingerprint density at radius 2 is 2.11 bits per heavy atom. The van der Waals surface area contributed by atoms with E-state index in [9.17, 15) is 4.79 Å². The highest BCUT2D eigenvalue weighted by Crippen LogP contribution is 2.31. The Bertz CT molecular complexity index is 406. The van der Waals surface area contributed by atoms with Gasteiger partial charge in [0.15, 0.2) is 0 Å². The Morgan fingerprint density at radius 1 is 1.28 bits per heavy atom. The number of hydrogen-bond acceptors (Lipinski definition) is 3. The Morgan fingerprint density at radius 3 is 2.89 bits per heavy atom. The highest BCUT2D eigenvalue weighted by Gasteiger charge is 2.39. The third-order valence-corrected chi connectivity index (χ3v) is 4.32. The quantitative estimate of drug-likeness (QED) is 0.813. The molecule has 3 heteroatoms. The summed E-state index contributed by atoms with van der Waals surface area (Å²) in [6.07, 6.45) is 2.31. The van der Waals surface area contributed by atoms with E-state index in [1.54, 1.807) is 0 Å². The van der Waals surface area contributed by atoms with Gasteiger partial charge in [0.1, 0.15) is 6.29 Å². The molecule has 0 bridgehead atoms. The molecule has 0 aliphatic carbocycles. The number of carbonyl (C=O) groups excluding carboxylic acids is 1. The molecule has 1 aromatic rings. The maximum absolute atomic E-state index is 11.1. The predicted molar refractivity (Wildman–Crippen MR) is 71.2 cm³/mol. The number of nitrogens with one attached hydrogen (secondary N) is 1. The number of rotatable bonds is 3. The van der Waals surface area contributed by atoms with Gasteiger partial charge >= 0.3 is 0 Å². The first-order valence-corrected chi connectivity index (χ1v) is 6.82. The lowest BCUT2D eigenvalue weighted by Crippen LogP contribution is -2.46. The molecule has 0 spiro atoms. The maximum Gasteiger partial charge on any atom is 0.137 e. The van der Waals surface area contributed by atoms with Crippen LogP contribution in [-0.4, -0.2) is 36.9 Å². The Balaban J connectivity index is 1.65. The van der Waals surface area contributed by atoms with Crippen molar-refractivity contribution in [1.29, 1.82) is 0 Å². The molecule has 18 heavy (non-hydrogen) atoms. The first-order valence-electron chi connectivity index (χ1n) is 6.82. The molecular weight excluding hydrogens is 224 g/mol. The summed E-state index contributed by atoms with van der Waals surface area (Å²) in [6, 6.07) is 10.7. The van der Waals surface area contributed by atoms with Crippen LogP contribution in [-0.2, 0) is 11.3 Å². The fourth-order valence-corrected chi connectivity index (χ4v) is 3.41. The molecule has 3 unspecified atom stereocenters. The van der Waals surface area contributed by atoms with Crippen LogP contribution in [0.1, 0.15) is 12.0 Å². The molecule has 0 radical (unpaired) electrons. The van der Waals surface area contributed by atoms with Gasteiger partial charge < -0.3 is 10.1 Å². The number of carbonyl (C=O) groups is 1. The minimum atomic E-state index is 0.0736. The summed E-state index contributed by atoms with van der Waals surface area (Å²) in [4.78, 5) is 13.6. The Labute approximate surface area is 108 Å². The number of piperidine rings is 1. The fraction of sp³-hybridized carbons (Fsp3) is 0.533. The van der Waals surface area contributed by atoms with Gasteiger partial charge in [-0.05, 0) is 30.4 Å². The Hall–Kier alpha value is -1.19. The average molecular weight is 244 g/mol. The van der Waals surface area contributed by atoms with Crippen molar-refractivity contribution in [3.05, 3.63) is 35.9 Å². The predicted octanol–water partition coefficient (Wildman–Crippen LogP) is 1.30. The van der Waals surface area contributed by atoms with Crippen LogP contribution in [0.25, 0.3) is 0 Å². The molecule has 2 aliphatic heterocycles. The molecule has 3 rings (SSSR count). The van der Waals surface area contributed by atoms with Crippen LogP contribution in [0, 0.1) is 11.8 Å². The van der Waals surface area contributed by atoms with Crippen molar-refractivity contribution in [2.24, 2.45) is 11.8 Å². The third kappa shape index (κ3) is 2.33. The second-order valence-corrected chi connectivity index (χ2v) is 5.51. The van der Waals surface area contributed by atoms with Gasteiger partial charge in [-0.25, -0.2) is 0 Å². The minimum Gasteiger partial charge on any atom is -0.307 e. The summed E-state index contributed by atoms with van der Waals surface area (Å²) < 4.78 is 0. The van der Waals surface area contributed by atoms with E-state index in [1.807, 2.05) is 0 Å². The van der Waals surface area contributed by atoms with Gasteiger partial charge in [-0.3, -0.25) is 4.90 Å². The smallest absolute Gasteiger partial charge is 0.137 e. The van der Waals surface area contributed by atoms with Crippen molar-refractivity contribution >= 4 is 6.29 Å². The lowest BCUT2D eigenvalue weighted by Gasteiger charge is -2.30. The molecule has 1 N–H and O–H groups in total. The van der Waals surface area contributed by atoms with Gasteiger partial charge in [0.2, 0.25) is 0 Å². The van der Waals surface area contributed by atoms with E-state index in [2.05, 4.69) is 40.5 Å². The summed E-state index contributed by atoms with van der Waals surface area (Å²) in [5.74, 6) is 1.21. The van der Waals surface area contributed by atoms with Crippen molar-refractivity contribution in [3.8, 4) is 0 Å². The van der Waals surface area contributed by atoms with E-state index in [-0.39, 0.29) is 6.04 Å². The van der Waals surface area contributed by atoms with E-state index in [0.717, 1.165) is 32.5 Å². The molecule has 2 heterocycles. The van der Waals surface area contributed by atoms with Crippen molar-refractivity contribution in [2.45, 2.75) is 19.0 Å². The zero-order chi connectivity index (χ0) is 12.4. The van der Waals surface area contributed by atoms with Gasteiger partial charge in [0.25, 0.3) is 0 Å². The van der Waals surface area contributed by atoms with Gasteiger partial charge in [-0.1, -0.05) is 30.3 Å². The number of likely N-dealkylation sites (tertiary alicyclic amines) is 1. The number of aldehydes is 1. The largest absolute Gasteiger partial charge is 0.307 e. The molecule has 1 aromatic carbocycles. The molecule has 2 aliphatic rings. The summed E-state index contributed by atoms with van der Waals surface area (Å²) >= 11 is 0. The van der Waals surface area contributed by atoms with E-state index in [4.69, 9.17) is 0 Å². The van der Waals surface area contributed by atoms with Crippen LogP contribution in [0.4, 0.5) is 0 Å². The Kier molecular flexibility index (Phi) is 3.43. The molecule has 0 amide bonds. The fourth-order valence-electron chi connectivity index (χ4n) is 3.41. The van der Waals surface area contributed by atoms with Gasteiger partial charge in [-0.2, -0.15) is 0 Å². The van der Waals surface area contributed by atoms with Crippen molar-refractivity contribution in [2.75, 3.05) is 19.6 Å². The van der Waals surface area contributed by atoms with Crippen molar-refractivity contribution in [3.63, 3.8) is 0 Å². The van der Waals surface area contributed by atoms with Crippen molar-refractivity contribution < 1.29 is 4.79 Å². The highest BCUT2D eigenvalue weighted by molar-refractivity contribution is 5.58. The first-order chi connectivity index (χ1) is 8.86. The van der Waals surface area contributed by atoms with Crippen LogP contribution in [0.5, 0.6) is 0 Å². The van der Waals surface area contributed by atoms with Gasteiger partial charge in [-0.15, -0.1) is 0 Å². The summed E-state index contributed by atoms with van der Waals surface area (Å²) in [6.45, 7) is 4.20.